The van der Waals surface area contributed by atoms with Gasteiger partial charge in [-0.2, -0.15) is 13.5 Å². The second-order valence-electron chi connectivity index (χ2n) is 7.40. The van der Waals surface area contributed by atoms with Gasteiger partial charge in [0.2, 0.25) is 5.91 Å². The molecule has 0 aliphatic carbocycles. The first-order valence-electron chi connectivity index (χ1n) is 9.47. The molecule has 0 bridgehead atoms. The minimum atomic E-state index is -3.78. The molecule has 1 saturated heterocycles. The largest absolute Gasteiger partial charge is 0.278 e. The van der Waals surface area contributed by atoms with Gasteiger partial charge in [0.15, 0.2) is 0 Å². The van der Waals surface area contributed by atoms with Crippen LogP contribution in [-0.2, 0) is 19.1 Å². The van der Waals surface area contributed by atoms with Crippen LogP contribution in [0, 0.1) is 13.8 Å². The summed E-state index contributed by atoms with van der Waals surface area (Å²) in [4.78, 5) is 26.3. The van der Waals surface area contributed by atoms with Gasteiger partial charge in [0.1, 0.15) is 6.61 Å². The Morgan fingerprint density at radius 2 is 1.93 bits per heavy atom. The van der Waals surface area contributed by atoms with Crippen LogP contribution >= 0.6 is 0 Å². The number of amides is 1. The number of nitrogens with zero attached hydrogens (tertiary/aromatic N) is 4. The highest BCUT2D eigenvalue weighted by molar-refractivity contribution is 7.86. The second kappa shape index (κ2) is 7.46. The van der Waals surface area contributed by atoms with Crippen LogP contribution in [-0.4, -0.2) is 59.4 Å². The topological polar surface area (TPSA) is 102 Å². The maximum absolute atomic E-state index is 13.6. The first kappa shape index (κ1) is 20.5. The highest BCUT2D eigenvalue weighted by Gasteiger charge is 2.49. The summed E-state index contributed by atoms with van der Waals surface area (Å²) < 4.78 is 29.6. The first-order chi connectivity index (χ1) is 14.2. The highest BCUT2D eigenvalue weighted by atomic mass is 32.2. The van der Waals surface area contributed by atoms with E-state index in [0.717, 1.165) is 11.8 Å². The lowest BCUT2D eigenvalue weighted by Gasteiger charge is -2.27. The standard InChI is InChI=1S/C20H22N4O5S/c1-13-11-14(2)23(21-13)20(26)18-16(12-29-30(3,27)28)24-17(25)9-10-22(24)19(18)15-7-5-4-6-8-15/h4-8,11,19H,9-10,12H2,1-3H3/t19-/m1/s1. The lowest BCUT2D eigenvalue weighted by atomic mass is 9.97. The van der Waals surface area contributed by atoms with Crippen LogP contribution in [0.5, 0.6) is 0 Å². The van der Waals surface area contributed by atoms with Crippen molar-refractivity contribution in [2.45, 2.75) is 26.3 Å². The lowest BCUT2D eigenvalue weighted by Crippen LogP contribution is -2.36. The summed E-state index contributed by atoms with van der Waals surface area (Å²) in [6.07, 6.45) is 1.20. The van der Waals surface area contributed by atoms with Crippen LogP contribution in [0.15, 0.2) is 47.7 Å². The van der Waals surface area contributed by atoms with E-state index in [-0.39, 0.29) is 23.6 Å². The van der Waals surface area contributed by atoms with Gasteiger partial charge >= 0.3 is 0 Å². The molecule has 1 atom stereocenters. The number of hydrogen-bond acceptors (Lipinski definition) is 7. The van der Waals surface area contributed by atoms with E-state index < -0.39 is 28.7 Å². The fraction of sp³-hybridized carbons (Fsp3) is 0.350. The van der Waals surface area contributed by atoms with Crippen molar-refractivity contribution >= 4 is 21.9 Å². The summed E-state index contributed by atoms with van der Waals surface area (Å²) in [5.74, 6) is -0.622. The molecule has 0 N–H and O–H groups in total. The smallest absolute Gasteiger partial charge is 0.273 e. The van der Waals surface area contributed by atoms with E-state index in [9.17, 15) is 18.0 Å². The average Bonchev–Trinajstić information content (AvgIpc) is 3.32. The van der Waals surface area contributed by atoms with Crippen LogP contribution in [0.4, 0.5) is 0 Å². The molecule has 9 nitrogen and oxygen atoms in total. The maximum Gasteiger partial charge on any atom is 0.278 e. The number of aryl methyl sites for hydroxylation is 2. The Labute approximate surface area is 174 Å². The van der Waals surface area contributed by atoms with E-state index in [1.807, 2.05) is 30.3 Å². The Hall–Kier alpha value is -2.82. The molecule has 4 rings (SSSR count). The third-order valence-electron chi connectivity index (χ3n) is 5.14. The fourth-order valence-corrected chi connectivity index (χ4v) is 4.32. The molecular formula is C20H22N4O5S. The zero-order valence-electron chi connectivity index (χ0n) is 16.9. The molecule has 1 aromatic carbocycles. The normalized spacial score (nSPS) is 19.6. The van der Waals surface area contributed by atoms with Gasteiger partial charge in [-0.05, 0) is 25.5 Å². The van der Waals surface area contributed by atoms with Crippen molar-refractivity contribution in [3.63, 3.8) is 0 Å². The van der Waals surface area contributed by atoms with Crippen molar-refractivity contribution in [2.75, 3.05) is 19.4 Å². The number of carbonyl (C=O) groups is 2. The van der Waals surface area contributed by atoms with Crippen LogP contribution in [0.1, 0.15) is 34.2 Å². The van der Waals surface area contributed by atoms with Gasteiger partial charge in [0, 0.05) is 18.7 Å². The Morgan fingerprint density at radius 3 is 2.53 bits per heavy atom. The predicted molar refractivity (Wildman–Crippen MR) is 108 cm³/mol. The predicted octanol–water partition coefficient (Wildman–Crippen LogP) is 1.57. The summed E-state index contributed by atoms with van der Waals surface area (Å²) in [5.41, 5.74) is 2.66. The lowest BCUT2D eigenvalue weighted by molar-refractivity contribution is -0.134. The molecule has 0 radical (unpaired) electrons. The quantitative estimate of drug-likeness (QED) is 0.664. The van der Waals surface area contributed by atoms with E-state index in [1.54, 1.807) is 24.9 Å². The zero-order valence-corrected chi connectivity index (χ0v) is 17.7. The average molecular weight is 430 g/mol. The number of carbonyl (C=O) groups excluding carboxylic acids is 2. The second-order valence-corrected chi connectivity index (χ2v) is 9.05. The maximum atomic E-state index is 13.6. The number of benzene rings is 1. The van der Waals surface area contributed by atoms with Crippen molar-refractivity contribution in [1.29, 1.82) is 0 Å². The minimum Gasteiger partial charge on any atom is -0.273 e. The molecule has 0 unspecified atom stereocenters. The van der Waals surface area contributed by atoms with E-state index in [2.05, 4.69) is 5.10 Å². The van der Waals surface area contributed by atoms with Crippen LogP contribution < -0.4 is 0 Å². The fourth-order valence-electron chi connectivity index (χ4n) is 4.00. The van der Waals surface area contributed by atoms with E-state index >= 15 is 0 Å². The van der Waals surface area contributed by atoms with Crippen LogP contribution in [0.25, 0.3) is 0 Å². The third-order valence-corrected chi connectivity index (χ3v) is 5.69. The zero-order chi connectivity index (χ0) is 21.6. The molecule has 0 saturated carbocycles. The molecule has 2 aromatic rings. The van der Waals surface area contributed by atoms with Crippen molar-refractivity contribution in [2.24, 2.45) is 0 Å². The van der Waals surface area contributed by atoms with Gasteiger partial charge in [-0.1, -0.05) is 30.3 Å². The summed E-state index contributed by atoms with van der Waals surface area (Å²) >= 11 is 0. The molecule has 2 aliphatic rings. The van der Waals surface area contributed by atoms with E-state index in [1.165, 1.54) is 9.69 Å². The Morgan fingerprint density at radius 1 is 1.23 bits per heavy atom. The molecule has 3 heterocycles. The highest BCUT2D eigenvalue weighted by Crippen LogP contribution is 2.43. The molecule has 0 spiro atoms. The van der Waals surface area contributed by atoms with Crippen LogP contribution in [0.3, 0.4) is 0 Å². The summed E-state index contributed by atoms with van der Waals surface area (Å²) in [6, 6.07) is 10.6. The minimum absolute atomic E-state index is 0.209. The molecule has 158 valence electrons. The van der Waals surface area contributed by atoms with Gasteiger partial charge in [-0.3, -0.25) is 13.8 Å². The monoisotopic (exact) mass is 430 g/mol. The molecule has 1 amide bonds. The number of hydrogen-bond donors (Lipinski definition) is 0. The molecule has 10 heteroatoms. The Bertz CT molecular complexity index is 1150. The molecule has 30 heavy (non-hydrogen) atoms. The Balaban J connectivity index is 1.90. The molecule has 1 aromatic heterocycles. The van der Waals surface area contributed by atoms with Gasteiger partial charge in [-0.25, -0.2) is 14.7 Å². The number of hydrazine groups is 1. The van der Waals surface area contributed by atoms with E-state index in [0.29, 0.717) is 17.9 Å². The summed E-state index contributed by atoms with van der Waals surface area (Å²) in [7, 11) is -3.78. The van der Waals surface area contributed by atoms with Crippen molar-refractivity contribution in [3.05, 3.63) is 64.6 Å². The van der Waals surface area contributed by atoms with Gasteiger partial charge in [0.05, 0.1) is 29.3 Å². The Kier molecular flexibility index (Phi) is 5.08. The number of aromatic nitrogens is 2. The van der Waals surface area contributed by atoms with Gasteiger partial charge in [-0.15, -0.1) is 0 Å². The first-order valence-corrected chi connectivity index (χ1v) is 11.3. The summed E-state index contributed by atoms with van der Waals surface area (Å²) in [5, 5.41) is 7.47. The molecule has 2 aliphatic heterocycles. The number of rotatable bonds is 5. The van der Waals surface area contributed by atoms with E-state index in [4.69, 9.17) is 4.18 Å². The van der Waals surface area contributed by atoms with Gasteiger partial charge < -0.3 is 0 Å². The van der Waals surface area contributed by atoms with Crippen molar-refractivity contribution < 1.29 is 22.2 Å². The van der Waals surface area contributed by atoms with Gasteiger partial charge in [0.25, 0.3) is 16.0 Å². The third kappa shape index (κ3) is 3.57. The molecular weight excluding hydrogens is 408 g/mol. The SMILES string of the molecule is Cc1cc(C)n(C(=O)C2=C(COS(C)(=O)=O)N3C(=O)CCN3[C@@H]2c2ccccc2)n1. The summed E-state index contributed by atoms with van der Waals surface area (Å²) in [6.45, 7) is 3.55. The van der Waals surface area contributed by atoms with Crippen molar-refractivity contribution in [1.82, 2.24) is 19.8 Å². The van der Waals surface area contributed by atoms with Crippen LogP contribution in [0.2, 0.25) is 0 Å². The molecule has 1 fully saturated rings. The number of fused-ring (bicyclic) bond motifs is 1. The van der Waals surface area contributed by atoms with Crippen molar-refractivity contribution in [3.8, 4) is 0 Å².